The van der Waals surface area contributed by atoms with Gasteiger partial charge in [0.2, 0.25) is 6.08 Å². The summed E-state index contributed by atoms with van der Waals surface area (Å²) >= 11 is 0. The third-order valence-electron chi connectivity index (χ3n) is 1.28. The second kappa shape index (κ2) is 2.86. The first-order valence-corrected chi connectivity index (χ1v) is 2.97. The lowest BCUT2D eigenvalue weighted by Crippen LogP contribution is -1.93. The summed E-state index contributed by atoms with van der Waals surface area (Å²) in [5.74, 6) is 0. The normalized spacial score (nSPS) is 8.73. The lowest BCUT2D eigenvalue weighted by atomic mass is 10.2. The summed E-state index contributed by atoms with van der Waals surface area (Å²) in [6, 6.07) is 4.90. The first kappa shape index (κ1) is 7.31. The Morgan fingerprint density at radius 3 is 2.73 bits per heavy atom. The highest BCUT2D eigenvalue weighted by Gasteiger charge is 1.98. The molecule has 1 rings (SSSR count). The van der Waals surface area contributed by atoms with Crippen LogP contribution in [0.15, 0.2) is 23.2 Å². The Labute approximate surface area is 63.5 Å². The Morgan fingerprint density at radius 1 is 1.36 bits per heavy atom. The minimum atomic E-state index is 0.316. The molecule has 0 bridgehead atoms. The topological polar surface area (TPSA) is 81.5 Å². The molecule has 0 aliphatic carbocycles. The Balaban J connectivity index is 3.26. The molecule has 0 spiro atoms. The average Bonchev–Trinajstić information content (AvgIpc) is 1.99. The molecule has 0 heterocycles. The predicted molar refractivity (Wildman–Crippen MR) is 43.0 cm³/mol. The Morgan fingerprint density at radius 2 is 2.09 bits per heavy atom. The van der Waals surface area contributed by atoms with Gasteiger partial charge >= 0.3 is 0 Å². The number of nitrogens with zero attached hydrogens (tertiary/aromatic N) is 1. The van der Waals surface area contributed by atoms with E-state index in [2.05, 4.69) is 4.99 Å². The summed E-state index contributed by atoms with van der Waals surface area (Å²) in [4.78, 5) is 13.2. The van der Waals surface area contributed by atoms with Crippen LogP contribution in [-0.2, 0) is 4.79 Å². The molecule has 4 nitrogen and oxygen atoms in total. The molecule has 0 fully saturated rings. The Hall–Kier alpha value is -1.80. The third-order valence-corrected chi connectivity index (χ3v) is 1.28. The van der Waals surface area contributed by atoms with Crippen molar-refractivity contribution in [3.8, 4) is 0 Å². The number of hydrogen-bond acceptors (Lipinski definition) is 4. The summed E-state index contributed by atoms with van der Waals surface area (Å²) in [7, 11) is 0. The fraction of sp³-hybridized carbons (Fsp3) is 0. The van der Waals surface area contributed by atoms with Crippen molar-refractivity contribution in [2.24, 2.45) is 4.99 Å². The van der Waals surface area contributed by atoms with Gasteiger partial charge in [0.25, 0.3) is 0 Å². The number of para-hydroxylation sites is 1. The second-order valence-electron chi connectivity index (χ2n) is 1.98. The van der Waals surface area contributed by atoms with Crippen molar-refractivity contribution >= 4 is 23.1 Å². The monoisotopic (exact) mass is 149 g/mol. The number of hydrogen-bond donors (Lipinski definition) is 2. The zero-order valence-corrected chi connectivity index (χ0v) is 5.74. The van der Waals surface area contributed by atoms with Crippen LogP contribution >= 0.6 is 0 Å². The van der Waals surface area contributed by atoms with Crippen molar-refractivity contribution in [3.05, 3.63) is 18.2 Å². The lowest BCUT2D eigenvalue weighted by molar-refractivity contribution is 0.565. The highest BCUT2D eigenvalue weighted by molar-refractivity contribution is 5.77. The third kappa shape index (κ3) is 1.36. The number of isocyanates is 1. The van der Waals surface area contributed by atoms with E-state index in [0.29, 0.717) is 17.1 Å². The van der Waals surface area contributed by atoms with Gasteiger partial charge in [0.1, 0.15) is 5.69 Å². The predicted octanol–water partition coefficient (Wildman–Crippen LogP) is 0.818. The van der Waals surface area contributed by atoms with Gasteiger partial charge in [-0.1, -0.05) is 6.07 Å². The van der Waals surface area contributed by atoms with Gasteiger partial charge in [0.05, 0.1) is 11.4 Å². The first-order valence-electron chi connectivity index (χ1n) is 2.97. The zero-order valence-electron chi connectivity index (χ0n) is 5.74. The number of benzene rings is 1. The molecule has 0 saturated heterocycles. The van der Waals surface area contributed by atoms with Crippen LogP contribution in [0.1, 0.15) is 0 Å². The summed E-state index contributed by atoms with van der Waals surface area (Å²) in [5, 5.41) is 0. The zero-order chi connectivity index (χ0) is 8.27. The average molecular weight is 149 g/mol. The highest BCUT2D eigenvalue weighted by Crippen LogP contribution is 2.26. The van der Waals surface area contributed by atoms with Gasteiger partial charge in [0, 0.05) is 0 Å². The molecule has 11 heavy (non-hydrogen) atoms. The summed E-state index contributed by atoms with van der Waals surface area (Å²) < 4.78 is 0. The summed E-state index contributed by atoms with van der Waals surface area (Å²) in [6.45, 7) is 0. The molecule has 0 aliphatic rings. The maximum Gasteiger partial charge on any atom is 0.240 e. The maximum absolute atomic E-state index is 9.85. The van der Waals surface area contributed by atoms with Crippen LogP contribution in [-0.4, -0.2) is 6.08 Å². The van der Waals surface area contributed by atoms with E-state index in [1.807, 2.05) is 0 Å². The maximum atomic E-state index is 9.85. The van der Waals surface area contributed by atoms with Gasteiger partial charge in [-0.15, -0.1) is 0 Å². The SMILES string of the molecule is Nc1cccc(N=C=O)c1N. The van der Waals surface area contributed by atoms with Crippen LogP contribution in [0.3, 0.4) is 0 Å². The van der Waals surface area contributed by atoms with E-state index in [1.165, 1.54) is 6.08 Å². The molecule has 0 aliphatic heterocycles. The first-order chi connectivity index (χ1) is 5.25. The summed E-state index contributed by atoms with van der Waals surface area (Å²) in [6.07, 6.45) is 1.39. The van der Waals surface area contributed by atoms with Crippen LogP contribution in [0.4, 0.5) is 17.1 Å². The van der Waals surface area contributed by atoms with E-state index < -0.39 is 0 Å². The van der Waals surface area contributed by atoms with Crippen molar-refractivity contribution in [1.29, 1.82) is 0 Å². The Bertz CT molecular complexity index is 315. The van der Waals surface area contributed by atoms with E-state index in [0.717, 1.165) is 0 Å². The number of aliphatic imine (C=N–C) groups is 1. The molecule has 0 aromatic heterocycles. The van der Waals surface area contributed by atoms with E-state index in [9.17, 15) is 4.79 Å². The van der Waals surface area contributed by atoms with Gasteiger partial charge in [-0.05, 0) is 12.1 Å². The minimum Gasteiger partial charge on any atom is -0.397 e. The highest BCUT2D eigenvalue weighted by atomic mass is 16.1. The van der Waals surface area contributed by atoms with Crippen molar-refractivity contribution in [2.75, 3.05) is 11.5 Å². The van der Waals surface area contributed by atoms with Gasteiger partial charge in [-0.25, -0.2) is 4.79 Å². The van der Waals surface area contributed by atoms with E-state index >= 15 is 0 Å². The van der Waals surface area contributed by atoms with Crippen LogP contribution in [0.5, 0.6) is 0 Å². The number of nitrogen functional groups attached to an aromatic ring is 2. The van der Waals surface area contributed by atoms with E-state index in [1.54, 1.807) is 18.2 Å². The van der Waals surface area contributed by atoms with Crippen LogP contribution in [0, 0.1) is 0 Å². The molecule has 4 heteroatoms. The van der Waals surface area contributed by atoms with E-state index in [4.69, 9.17) is 11.5 Å². The molecule has 0 radical (unpaired) electrons. The standard InChI is InChI=1S/C7H7N3O/c8-5-2-1-3-6(7(5)9)10-4-11/h1-3H,8-9H2. The Kier molecular flexibility index (Phi) is 1.90. The van der Waals surface area contributed by atoms with Crippen molar-refractivity contribution in [1.82, 2.24) is 0 Å². The largest absolute Gasteiger partial charge is 0.397 e. The molecule has 0 saturated carbocycles. The number of rotatable bonds is 1. The molecule has 56 valence electrons. The fourth-order valence-electron chi connectivity index (χ4n) is 0.717. The number of anilines is 2. The van der Waals surface area contributed by atoms with Crippen LogP contribution in [0.2, 0.25) is 0 Å². The van der Waals surface area contributed by atoms with Gasteiger partial charge in [-0.2, -0.15) is 4.99 Å². The van der Waals surface area contributed by atoms with Crippen molar-refractivity contribution < 1.29 is 4.79 Å². The molecule has 0 amide bonds. The number of carbonyl (C=O) groups excluding carboxylic acids is 1. The molecule has 4 N–H and O–H groups in total. The van der Waals surface area contributed by atoms with Crippen LogP contribution < -0.4 is 11.5 Å². The molecular formula is C7H7N3O. The molecular weight excluding hydrogens is 142 g/mol. The lowest BCUT2D eigenvalue weighted by Gasteiger charge is -1.99. The van der Waals surface area contributed by atoms with Gasteiger partial charge in [0.15, 0.2) is 0 Å². The minimum absolute atomic E-state index is 0.316. The quantitative estimate of drug-likeness (QED) is 0.352. The summed E-state index contributed by atoms with van der Waals surface area (Å²) in [5.41, 5.74) is 12.0. The van der Waals surface area contributed by atoms with Gasteiger partial charge < -0.3 is 11.5 Å². The molecule has 0 unspecified atom stereocenters. The molecule has 0 atom stereocenters. The smallest absolute Gasteiger partial charge is 0.240 e. The van der Waals surface area contributed by atoms with E-state index in [-0.39, 0.29) is 0 Å². The van der Waals surface area contributed by atoms with Crippen LogP contribution in [0.25, 0.3) is 0 Å². The van der Waals surface area contributed by atoms with Gasteiger partial charge in [-0.3, -0.25) is 0 Å². The molecule has 1 aromatic rings. The van der Waals surface area contributed by atoms with Crippen molar-refractivity contribution in [3.63, 3.8) is 0 Å². The van der Waals surface area contributed by atoms with Crippen molar-refractivity contribution in [2.45, 2.75) is 0 Å². The fourth-order valence-corrected chi connectivity index (χ4v) is 0.717. The number of nitrogens with two attached hydrogens (primary N) is 2. The second-order valence-corrected chi connectivity index (χ2v) is 1.98. The molecule has 1 aromatic carbocycles.